The number of anilines is 1. The lowest BCUT2D eigenvalue weighted by molar-refractivity contribution is -0.384. The van der Waals surface area contributed by atoms with E-state index in [1.54, 1.807) is 19.1 Å². The summed E-state index contributed by atoms with van der Waals surface area (Å²) in [5, 5.41) is 11.4. The van der Waals surface area contributed by atoms with Crippen LogP contribution in [-0.2, 0) is 4.79 Å². The van der Waals surface area contributed by atoms with E-state index in [1.165, 1.54) is 6.07 Å². The van der Waals surface area contributed by atoms with E-state index in [9.17, 15) is 14.9 Å². The molecule has 1 aliphatic heterocycles. The molecule has 1 aliphatic rings. The number of nitro groups is 1. The number of para-hydroxylation sites is 1. The number of benzene rings is 1. The van der Waals surface area contributed by atoms with Crippen LogP contribution in [-0.4, -0.2) is 23.8 Å². The van der Waals surface area contributed by atoms with Crippen molar-refractivity contribution in [1.82, 2.24) is 0 Å². The zero-order valence-electron chi connectivity index (χ0n) is 10.6. The monoisotopic (exact) mass is 282 g/mol. The largest absolute Gasteiger partial charge is 0.365 e. The minimum atomic E-state index is -0.418. The van der Waals surface area contributed by atoms with E-state index in [4.69, 9.17) is 11.6 Å². The van der Waals surface area contributed by atoms with Gasteiger partial charge in [0.1, 0.15) is 11.5 Å². The lowest BCUT2D eigenvalue weighted by Gasteiger charge is -2.32. The molecule has 102 valence electrons. The highest BCUT2D eigenvalue weighted by molar-refractivity contribution is 6.33. The van der Waals surface area contributed by atoms with Crippen molar-refractivity contribution in [2.24, 2.45) is 5.92 Å². The van der Waals surface area contributed by atoms with Crippen LogP contribution in [0.1, 0.15) is 19.8 Å². The molecule has 0 aliphatic carbocycles. The van der Waals surface area contributed by atoms with Gasteiger partial charge in [-0.25, -0.2) is 0 Å². The molecule has 5 nitrogen and oxygen atoms in total. The van der Waals surface area contributed by atoms with E-state index in [0.717, 1.165) is 12.8 Å². The van der Waals surface area contributed by atoms with E-state index >= 15 is 0 Å². The number of carbonyl (C=O) groups is 1. The van der Waals surface area contributed by atoms with E-state index in [-0.39, 0.29) is 17.4 Å². The molecule has 6 heteroatoms. The number of nitrogens with zero attached hydrogens (tertiary/aromatic N) is 2. The Morgan fingerprint density at radius 1 is 1.42 bits per heavy atom. The number of hydrogen-bond acceptors (Lipinski definition) is 4. The van der Waals surface area contributed by atoms with Crippen LogP contribution in [0.5, 0.6) is 0 Å². The Morgan fingerprint density at radius 3 is 2.58 bits per heavy atom. The molecule has 0 radical (unpaired) electrons. The fourth-order valence-corrected chi connectivity index (χ4v) is 2.76. The summed E-state index contributed by atoms with van der Waals surface area (Å²) in [6, 6.07) is 4.69. The highest BCUT2D eigenvalue weighted by Gasteiger charge is 2.28. The molecule has 0 spiro atoms. The van der Waals surface area contributed by atoms with Crippen molar-refractivity contribution in [2.45, 2.75) is 19.8 Å². The summed E-state index contributed by atoms with van der Waals surface area (Å²) in [4.78, 5) is 23.9. The molecule has 0 amide bonds. The second-order valence-corrected chi connectivity index (χ2v) is 5.14. The van der Waals surface area contributed by atoms with Gasteiger partial charge in [0.05, 0.1) is 9.95 Å². The zero-order valence-corrected chi connectivity index (χ0v) is 11.4. The van der Waals surface area contributed by atoms with Gasteiger partial charge < -0.3 is 4.90 Å². The minimum absolute atomic E-state index is 0.0220. The fraction of sp³-hybridized carbons (Fsp3) is 0.462. The van der Waals surface area contributed by atoms with Gasteiger partial charge in [-0.3, -0.25) is 14.9 Å². The van der Waals surface area contributed by atoms with Crippen molar-refractivity contribution < 1.29 is 9.72 Å². The van der Waals surface area contributed by atoms with E-state index in [1.807, 2.05) is 4.90 Å². The number of nitro benzene ring substituents is 1. The van der Waals surface area contributed by atoms with Gasteiger partial charge in [-0.2, -0.15) is 0 Å². The first-order valence-electron chi connectivity index (χ1n) is 6.19. The Bertz CT molecular complexity index is 511. The van der Waals surface area contributed by atoms with Crippen LogP contribution in [0.3, 0.4) is 0 Å². The highest BCUT2D eigenvalue weighted by Crippen LogP contribution is 2.37. The maximum Gasteiger partial charge on any atom is 0.294 e. The van der Waals surface area contributed by atoms with Gasteiger partial charge in [0.25, 0.3) is 5.69 Å². The van der Waals surface area contributed by atoms with E-state index < -0.39 is 4.92 Å². The Kier molecular flexibility index (Phi) is 4.04. The van der Waals surface area contributed by atoms with Crippen molar-refractivity contribution in [3.8, 4) is 0 Å². The number of ketones is 1. The Morgan fingerprint density at radius 2 is 2.05 bits per heavy atom. The molecule has 1 aromatic carbocycles. The molecular weight excluding hydrogens is 268 g/mol. The van der Waals surface area contributed by atoms with E-state index in [2.05, 4.69) is 0 Å². The third-order valence-corrected chi connectivity index (χ3v) is 3.85. The molecule has 1 heterocycles. The molecular formula is C13H15ClN2O3. The van der Waals surface area contributed by atoms with Crippen LogP contribution in [0.25, 0.3) is 0 Å². The fourth-order valence-electron chi connectivity index (χ4n) is 2.47. The molecule has 2 rings (SSSR count). The van der Waals surface area contributed by atoms with Gasteiger partial charge in [-0.05, 0) is 25.8 Å². The molecule has 1 aromatic rings. The van der Waals surface area contributed by atoms with Gasteiger partial charge >= 0.3 is 0 Å². The molecule has 0 saturated carbocycles. The van der Waals surface area contributed by atoms with Crippen LogP contribution in [0.2, 0.25) is 5.02 Å². The average Bonchev–Trinajstić information content (AvgIpc) is 2.38. The van der Waals surface area contributed by atoms with Crippen LogP contribution >= 0.6 is 11.6 Å². The van der Waals surface area contributed by atoms with Gasteiger partial charge in [-0.1, -0.05) is 17.7 Å². The average molecular weight is 283 g/mol. The third-order valence-electron chi connectivity index (χ3n) is 3.55. The van der Waals surface area contributed by atoms with Crippen LogP contribution in [0.4, 0.5) is 11.4 Å². The summed E-state index contributed by atoms with van der Waals surface area (Å²) in [6.07, 6.45) is 1.44. The van der Waals surface area contributed by atoms with Crippen molar-refractivity contribution in [2.75, 3.05) is 18.0 Å². The topological polar surface area (TPSA) is 63.5 Å². The second-order valence-electron chi connectivity index (χ2n) is 4.74. The Labute approximate surface area is 116 Å². The van der Waals surface area contributed by atoms with Gasteiger partial charge in [0.15, 0.2) is 0 Å². The van der Waals surface area contributed by atoms with Crippen LogP contribution < -0.4 is 4.90 Å². The predicted molar refractivity (Wildman–Crippen MR) is 73.7 cm³/mol. The Hall–Kier alpha value is -1.62. The first kappa shape index (κ1) is 13.8. The van der Waals surface area contributed by atoms with Crippen LogP contribution in [0, 0.1) is 16.0 Å². The maximum atomic E-state index is 11.3. The van der Waals surface area contributed by atoms with Gasteiger partial charge in [0, 0.05) is 25.1 Å². The van der Waals surface area contributed by atoms with E-state index in [0.29, 0.717) is 23.8 Å². The number of carbonyl (C=O) groups excluding carboxylic acids is 1. The predicted octanol–water partition coefficient (Wildman–Crippen LogP) is 3.05. The third kappa shape index (κ3) is 2.87. The maximum absolute atomic E-state index is 11.3. The van der Waals surface area contributed by atoms with Crippen LogP contribution in [0.15, 0.2) is 18.2 Å². The SMILES string of the molecule is CC(=O)C1CCN(c2c(Cl)cccc2[N+](=O)[O-])CC1. The minimum Gasteiger partial charge on any atom is -0.365 e. The number of rotatable bonds is 3. The number of hydrogen-bond donors (Lipinski definition) is 0. The zero-order chi connectivity index (χ0) is 14.0. The summed E-state index contributed by atoms with van der Waals surface area (Å²) in [5.41, 5.74) is 0.491. The number of piperidine rings is 1. The summed E-state index contributed by atoms with van der Waals surface area (Å²) >= 11 is 6.09. The smallest absolute Gasteiger partial charge is 0.294 e. The molecule has 0 atom stereocenters. The Balaban J connectivity index is 2.24. The molecule has 19 heavy (non-hydrogen) atoms. The second kappa shape index (κ2) is 5.57. The van der Waals surface area contributed by atoms with Crippen molar-refractivity contribution in [3.05, 3.63) is 33.3 Å². The van der Waals surface area contributed by atoms with Crippen molar-refractivity contribution in [1.29, 1.82) is 0 Å². The quantitative estimate of drug-likeness (QED) is 0.631. The summed E-state index contributed by atoms with van der Waals surface area (Å²) in [7, 11) is 0. The molecule has 1 saturated heterocycles. The summed E-state index contributed by atoms with van der Waals surface area (Å²) < 4.78 is 0. The van der Waals surface area contributed by atoms with Gasteiger partial charge in [-0.15, -0.1) is 0 Å². The normalized spacial score (nSPS) is 16.4. The molecule has 0 N–H and O–H groups in total. The number of Topliss-reactive ketones (excluding diaryl/α,β-unsaturated/α-hetero) is 1. The molecule has 0 aromatic heterocycles. The van der Waals surface area contributed by atoms with Crippen molar-refractivity contribution >= 4 is 28.8 Å². The molecule has 1 fully saturated rings. The lowest BCUT2D eigenvalue weighted by Crippen LogP contribution is -2.36. The van der Waals surface area contributed by atoms with Crippen molar-refractivity contribution in [3.63, 3.8) is 0 Å². The summed E-state index contributed by atoms with van der Waals surface area (Å²) in [6.45, 7) is 2.84. The number of halogens is 1. The lowest BCUT2D eigenvalue weighted by atomic mass is 9.93. The van der Waals surface area contributed by atoms with Gasteiger partial charge in [0.2, 0.25) is 0 Å². The summed E-state index contributed by atoms with van der Waals surface area (Å²) in [5.74, 6) is 0.256. The molecule has 0 bridgehead atoms. The first-order valence-corrected chi connectivity index (χ1v) is 6.57. The highest BCUT2D eigenvalue weighted by atomic mass is 35.5. The standard InChI is InChI=1S/C13H15ClN2O3/c1-9(17)10-5-7-15(8-6-10)13-11(14)3-2-4-12(13)16(18)19/h2-4,10H,5-8H2,1H3. The molecule has 0 unspecified atom stereocenters. The first-order chi connectivity index (χ1) is 9.00.